The molecule has 0 unspecified atom stereocenters. The van der Waals surface area contributed by atoms with Crippen LogP contribution in [0.2, 0.25) is 5.15 Å². The second-order valence-electron chi connectivity index (χ2n) is 8.19. The maximum absolute atomic E-state index is 14.3. The zero-order valence-corrected chi connectivity index (χ0v) is 16.3. The lowest BCUT2D eigenvalue weighted by molar-refractivity contribution is 0.243. The zero-order valence-electron chi connectivity index (χ0n) is 15.5. The molecule has 0 aliphatic heterocycles. The van der Waals surface area contributed by atoms with Gasteiger partial charge in [-0.15, -0.1) is 5.10 Å². The third-order valence-electron chi connectivity index (χ3n) is 6.75. The summed E-state index contributed by atoms with van der Waals surface area (Å²) in [5.74, 6) is -1.06. The van der Waals surface area contributed by atoms with Gasteiger partial charge in [0.05, 0.1) is 28.1 Å². The molecule has 0 amide bonds. The molecule has 5 rings (SSSR count). The normalized spacial score (nSPS) is 24.4. The van der Waals surface area contributed by atoms with E-state index in [9.17, 15) is 8.78 Å². The summed E-state index contributed by atoms with van der Waals surface area (Å²) in [6.45, 7) is 4.41. The van der Waals surface area contributed by atoms with Gasteiger partial charge in [0.2, 0.25) is 0 Å². The van der Waals surface area contributed by atoms with Gasteiger partial charge in [-0.25, -0.2) is 13.8 Å². The van der Waals surface area contributed by atoms with E-state index in [2.05, 4.69) is 29.0 Å². The van der Waals surface area contributed by atoms with E-state index in [0.717, 1.165) is 29.8 Å². The molecule has 2 aromatic heterocycles. The van der Waals surface area contributed by atoms with Gasteiger partial charge in [-0.05, 0) is 60.1 Å². The molecule has 1 saturated carbocycles. The van der Waals surface area contributed by atoms with Gasteiger partial charge >= 0.3 is 0 Å². The van der Waals surface area contributed by atoms with Crippen molar-refractivity contribution in [2.24, 2.45) is 5.41 Å². The molecule has 3 nitrogen and oxygen atoms in total. The summed E-state index contributed by atoms with van der Waals surface area (Å²) in [6.07, 6.45) is 1.85. The predicted molar refractivity (Wildman–Crippen MR) is 103 cm³/mol. The van der Waals surface area contributed by atoms with Crippen LogP contribution in [0.3, 0.4) is 0 Å². The number of fused-ring (bicyclic) bond motifs is 5. The number of aromatic nitrogens is 3. The van der Waals surface area contributed by atoms with Crippen LogP contribution in [0, 0.1) is 17.0 Å². The van der Waals surface area contributed by atoms with Crippen LogP contribution >= 0.6 is 11.6 Å². The molecule has 2 aliphatic carbocycles. The fourth-order valence-electron chi connectivity index (χ4n) is 5.40. The number of halogens is 3. The molecule has 1 aromatic carbocycles. The highest BCUT2D eigenvalue weighted by Gasteiger charge is 2.65. The lowest BCUT2D eigenvalue weighted by Gasteiger charge is -2.37. The zero-order chi connectivity index (χ0) is 19.7. The van der Waals surface area contributed by atoms with Gasteiger partial charge in [-0.3, -0.25) is 0 Å². The summed E-state index contributed by atoms with van der Waals surface area (Å²) in [5, 5.41) is 9.18. The van der Waals surface area contributed by atoms with E-state index in [1.54, 1.807) is 6.07 Å². The van der Waals surface area contributed by atoms with Crippen molar-refractivity contribution in [3.63, 3.8) is 0 Å². The smallest absolute Gasteiger partial charge is 0.135 e. The lowest BCUT2D eigenvalue weighted by Crippen LogP contribution is -2.37. The van der Waals surface area contributed by atoms with Crippen LogP contribution in [-0.2, 0) is 5.41 Å². The van der Waals surface area contributed by atoms with Crippen LogP contribution in [0.15, 0.2) is 42.5 Å². The van der Waals surface area contributed by atoms with Crippen molar-refractivity contribution >= 4 is 11.6 Å². The molecule has 3 aromatic rings. The highest BCUT2D eigenvalue weighted by atomic mass is 35.5. The molecule has 2 bridgehead atoms. The van der Waals surface area contributed by atoms with E-state index in [1.807, 2.05) is 18.2 Å². The van der Waals surface area contributed by atoms with E-state index >= 15 is 0 Å². The molecule has 0 radical (unpaired) electrons. The summed E-state index contributed by atoms with van der Waals surface area (Å²) >= 11 is 6.19. The second kappa shape index (κ2) is 5.80. The molecule has 0 spiro atoms. The van der Waals surface area contributed by atoms with Crippen molar-refractivity contribution < 1.29 is 8.78 Å². The highest BCUT2D eigenvalue weighted by Crippen LogP contribution is 2.69. The van der Waals surface area contributed by atoms with E-state index in [0.29, 0.717) is 5.15 Å². The molecular weight excluding hydrogens is 380 g/mol. The summed E-state index contributed by atoms with van der Waals surface area (Å²) in [7, 11) is 0. The minimum atomic E-state index is -0.636. The SMILES string of the molecule is CC1(C)[C@H]2CC[C@@]1(c1cccc(Cl)n1)c1nnc(-c3c(F)cccc3F)cc12. The van der Waals surface area contributed by atoms with Gasteiger partial charge in [-0.2, -0.15) is 5.10 Å². The molecule has 2 aliphatic rings. The Morgan fingerprint density at radius 2 is 1.75 bits per heavy atom. The molecule has 2 atom stereocenters. The van der Waals surface area contributed by atoms with Crippen LogP contribution in [0.5, 0.6) is 0 Å². The number of hydrogen-bond donors (Lipinski definition) is 0. The van der Waals surface area contributed by atoms with Crippen LogP contribution in [0.1, 0.15) is 49.6 Å². The quantitative estimate of drug-likeness (QED) is 0.522. The number of rotatable bonds is 2. The first-order chi connectivity index (χ1) is 13.4. The third-order valence-corrected chi connectivity index (χ3v) is 6.96. The van der Waals surface area contributed by atoms with Gasteiger partial charge in [0.25, 0.3) is 0 Å². The molecule has 142 valence electrons. The Kier molecular flexibility index (Phi) is 3.66. The Bertz CT molecular complexity index is 1090. The first-order valence-corrected chi connectivity index (χ1v) is 9.69. The third kappa shape index (κ3) is 2.11. The fourth-order valence-corrected chi connectivity index (χ4v) is 5.57. The molecule has 28 heavy (non-hydrogen) atoms. The summed E-state index contributed by atoms with van der Waals surface area (Å²) in [6, 6.07) is 11.3. The number of hydrogen-bond acceptors (Lipinski definition) is 3. The Morgan fingerprint density at radius 3 is 2.46 bits per heavy atom. The Labute approximate surface area is 166 Å². The van der Waals surface area contributed by atoms with Crippen molar-refractivity contribution in [1.29, 1.82) is 0 Å². The average molecular weight is 398 g/mol. The second-order valence-corrected chi connectivity index (χ2v) is 8.58. The van der Waals surface area contributed by atoms with Crippen LogP contribution in [-0.4, -0.2) is 15.2 Å². The molecule has 2 heterocycles. The van der Waals surface area contributed by atoms with Crippen molar-refractivity contribution in [1.82, 2.24) is 15.2 Å². The van der Waals surface area contributed by atoms with Gasteiger partial charge in [0.1, 0.15) is 16.8 Å². The number of nitrogens with zero attached hydrogens (tertiary/aromatic N) is 3. The maximum atomic E-state index is 14.3. The highest BCUT2D eigenvalue weighted by molar-refractivity contribution is 6.29. The average Bonchev–Trinajstić information content (AvgIpc) is 3.03. The molecule has 1 fully saturated rings. The Balaban J connectivity index is 1.74. The monoisotopic (exact) mass is 397 g/mol. The van der Waals surface area contributed by atoms with Gasteiger partial charge in [0, 0.05) is 0 Å². The Hall–Kier alpha value is -2.40. The van der Waals surface area contributed by atoms with Crippen molar-refractivity contribution in [2.45, 2.75) is 38.0 Å². The minimum Gasteiger partial charge on any atom is -0.240 e. The number of benzene rings is 1. The first kappa shape index (κ1) is 17.7. The number of pyridine rings is 1. The van der Waals surface area contributed by atoms with Crippen LogP contribution < -0.4 is 0 Å². The van der Waals surface area contributed by atoms with Crippen molar-refractivity contribution in [3.05, 3.63) is 76.2 Å². The first-order valence-electron chi connectivity index (χ1n) is 9.32. The standard InChI is InChI=1S/C22H18ClF2N3/c1-21(2)13-9-10-22(21,17-7-4-8-18(23)26-17)20-12(13)11-16(27-28-20)19-14(24)5-3-6-15(19)25/h3-8,11,13H,9-10H2,1-2H3/t13-,22+/m0/s1. The van der Waals surface area contributed by atoms with E-state index < -0.39 is 17.0 Å². The predicted octanol–water partition coefficient (Wildman–Crippen LogP) is 5.67. The molecule has 0 N–H and O–H groups in total. The minimum absolute atomic E-state index is 0.131. The van der Waals surface area contributed by atoms with Gasteiger partial charge in [-0.1, -0.05) is 37.6 Å². The van der Waals surface area contributed by atoms with E-state index in [1.165, 1.54) is 18.2 Å². The Morgan fingerprint density at radius 1 is 1.04 bits per heavy atom. The lowest BCUT2D eigenvalue weighted by atomic mass is 9.66. The fraction of sp³-hybridized carbons (Fsp3) is 0.318. The van der Waals surface area contributed by atoms with Crippen LogP contribution in [0.25, 0.3) is 11.3 Å². The molecule has 6 heteroatoms. The largest absolute Gasteiger partial charge is 0.240 e. The maximum Gasteiger partial charge on any atom is 0.135 e. The molecule has 0 saturated heterocycles. The van der Waals surface area contributed by atoms with E-state index in [4.69, 9.17) is 11.6 Å². The summed E-state index contributed by atoms with van der Waals surface area (Å²) < 4.78 is 28.6. The van der Waals surface area contributed by atoms with Gasteiger partial charge in [0.15, 0.2) is 0 Å². The van der Waals surface area contributed by atoms with Crippen LogP contribution in [0.4, 0.5) is 8.78 Å². The van der Waals surface area contributed by atoms with E-state index in [-0.39, 0.29) is 22.6 Å². The topological polar surface area (TPSA) is 38.7 Å². The van der Waals surface area contributed by atoms with Crippen molar-refractivity contribution in [2.75, 3.05) is 0 Å². The van der Waals surface area contributed by atoms with Crippen molar-refractivity contribution in [3.8, 4) is 11.3 Å². The summed E-state index contributed by atoms with van der Waals surface area (Å²) in [4.78, 5) is 4.61. The summed E-state index contributed by atoms with van der Waals surface area (Å²) in [5.41, 5.74) is 2.27. The van der Waals surface area contributed by atoms with Gasteiger partial charge < -0.3 is 0 Å². The molecular formula is C22H18ClF2N3.